The van der Waals surface area contributed by atoms with Crippen molar-refractivity contribution < 1.29 is 14.7 Å². The second-order valence-electron chi connectivity index (χ2n) is 6.80. The zero-order chi connectivity index (χ0) is 16.0. The molecule has 3 nitrogen and oxygen atoms in total. The van der Waals surface area contributed by atoms with Crippen molar-refractivity contribution in [2.24, 2.45) is 11.8 Å². The van der Waals surface area contributed by atoms with E-state index in [9.17, 15) is 14.7 Å². The summed E-state index contributed by atoms with van der Waals surface area (Å²) < 4.78 is 0. The number of carbonyl (C=O) groups is 2. The largest absolute Gasteiger partial charge is 0.511 e. The quantitative estimate of drug-likeness (QED) is 0.919. The molecule has 0 aliphatic heterocycles. The number of ketones is 2. The molecule has 0 radical (unpaired) electrons. The summed E-state index contributed by atoms with van der Waals surface area (Å²) in [5.41, 5.74) is 4.42. The van der Waals surface area contributed by atoms with E-state index in [0.29, 0.717) is 12.0 Å². The number of aryl methyl sites for hydroxylation is 3. The van der Waals surface area contributed by atoms with Crippen LogP contribution in [0.25, 0.3) is 5.57 Å². The van der Waals surface area contributed by atoms with Crippen molar-refractivity contribution in [3.05, 3.63) is 40.1 Å². The molecule has 1 saturated carbocycles. The molecular weight excluding hydrogens is 276 g/mol. The summed E-state index contributed by atoms with van der Waals surface area (Å²) in [7, 11) is 0. The van der Waals surface area contributed by atoms with Crippen molar-refractivity contribution in [2.45, 2.75) is 46.5 Å². The predicted octanol–water partition coefficient (Wildman–Crippen LogP) is 3.84. The third kappa shape index (κ3) is 2.60. The standard InChI is InChI=1S/C19H22O3/c1-10-6-11(2)17(12(3)7-10)18-16(21)9-14(19(18)22)8-15(20)13-4-5-13/h6-7,13-14,22H,4-5,8-9H2,1-3H3. The van der Waals surface area contributed by atoms with Crippen molar-refractivity contribution in [1.82, 2.24) is 0 Å². The lowest BCUT2D eigenvalue weighted by molar-refractivity contribution is -0.121. The number of aliphatic hydroxyl groups excluding tert-OH is 1. The highest BCUT2D eigenvalue weighted by molar-refractivity contribution is 6.24. The number of aliphatic hydroxyl groups is 1. The Labute approximate surface area is 131 Å². The van der Waals surface area contributed by atoms with E-state index in [2.05, 4.69) is 0 Å². The Balaban J connectivity index is 1.96. The summed E-state index contributed by atoms with van der Waals surface area (Å²) in [6, 6.07) is 4.05. The highest BCUT2D eigenvalue weighted by Crippen LogP contribution is 2.41. The lowest BCUT2D eigenvalue weighted by Crippen LogP contribution is -2.10. The molecule has 3 heteroatoms. The van der Waals surface area contributed by atoms with Crippen molar-refractivity contribution >= 4 is 17.1 Å². The maximum absolute atomic E-state index is 12.4. The lowest BCUT2D eigenvalue weighted by atomic mass is 9.92. The molecule has 2 aliphatic rings. The molecule has 1 N–H and O–H groups in total. The Morgan fingerprint density at radius 1 is 1.18 bits per heavy atom. The molecule has 0 saturated heterocycles. The number of hydrogen-bond donors (Lipinski definition) is 1. The first-order valence-corrected chi connectivity index (χ1v) is 7.95. The van der Waals surface area contributed by atoms with E-state index in [-0.39, 0.29) is 35.6 Å². The maximum Gasteiger partial charge on any atom is 0.167 e. The first-order valence-electron chi connectivity index (χ1n) is 7.95. The molecule has 1 unspecified atom stereocenters. The van der Waals surface area contributed by atoms with Crippen LogP contribution in [-0.2, 0) is 9.59 Å². The molecule has 116 valence electrons. The fraction of sp³-hybridized carbons (Fsp3) is 0.474. The monoisotopic (exact) mass is 298 g/mol. The van der Waals surface area contributed by atoms with Gasteiger partial charge in [0.2, 0.25) is 0 Å². The molecule has 0 amide bonds. The average Bonchev–Trinajstić information content (AvgIpc) is 3.21. The van der Waals surface area contributed by atoms with E-state index < -0.39 is 0 Å². The summed E-state index contributed by atoms with van der Waals surface area (Å²) in [5.74, 6) is 0.128. The summed E-state index contributed by atoms with van der Waals surface area (Å²) >= 11 is 0. The van der Waals surface area contributed by atoms with Crippen molar-refractivity contribution in [3.8, 4) is 0 Å². The van der Waals surface area contributed by atoms with Crippen LogP contribution in [0.15, 0.2) is 17.9 Å². The summed E-state index contributed by atoms with van der Waals surface area (Å²) in [4.78, 5) is 24.4. The summed E-state index contributed by atoms with van der Waals surface area (Å²) in [6.07, 6.45) is 2.49. The van der Waals surface area contributed by atoms with Crippen LogP contribution in [0.4, 0.5) is 0 Å². The van der Waals surface area contributed by atoms with E-state index in [1.165, 1.54) is 0 Å². The lowest BCUT2D eigenvalue weighted by Gasteiger charge is -2.13. The van der Waals surface area contributed by atoms with Crippen LogP contribution in [0.3, 0.4) is 0 Å². The van der Waals surface area contributed by atoms with Crippen molar-refractivity contribution in [1.29, 1.82) is 0 Å². The third-order valence-electron chi connectivity index (χ3n) is 4.76. The first kappa shape index (κ1) is 15.0. The fourth-order valence-electron chi connectivity index (χ4n) is 3.60. The highest BCUT2D eigenvalue weighted by atomic mass is 16.3. The molecule has 1 atom stereocenters. The van der Waals surface area contributed by atoms with Crippen molar-refractivity contribution in [3.63, 3.8) is 0 Å². The molecule has 0 aromatic heterocycles. The first-order chi connectivity index (χ1) is 10.4. The van der Waals surface area contributed by atoms with Crippen LogP contribution in [0.5, 0.6) is 0 Å². The minimum absolute atomic E-state index is 0.0406. The number of allylic oxidation sites excluding steroid dienone is 2. The van der Waals surface area contributed by atoms with Crippen LogP contribution in [0, 0.1) is 32.6 Å². The molecule has 0 heterocycles. The predicted molar refractivity (Wildman–Crippen MR) is 85.7 cm³/mol. The van der Waals surface area contributed by atoms with Gasteiger partial charge in [-0.25, -0.2) is 0 Å². The van der Waals surface area contributed by atoms with Gasteiger partial charge in [0.25, 0.3) is 0 Å². The minimum atomic E-state index is -0.323. The molecule has 2 aliphatic carbocycles. The van der Waals surface area contributed by atoms with Crippen LogP contribution < -0.4 is 0 Å². The van der Waals surface area contributed by atoms with Gasteiger partial charge < -0.3 is 5.11 Å². The zero-order valence-corrected chi connectivity index (χ0v) is 13.4. The van der Waals surface area contributed by atoms with Gasteiger partial charge in [0, 0.05) is 24.7 Å². The summed E-state index contributed by atoms with van der Waals surface area (Å²) in [6.45, 7) is 5.95. The topological polar surface area (TPSA) is 54.4 Å². The number of benzene rings is 1. The Morgan fingerprint density at radius 3 is 2.32 bits per heavy atom. The van der Waals surface area contributed by atoms with Crippen molar-refractivity contribution in [2.75, 3.05) is 0 Å². The number of Topliss-reactive ketones (excluding diaryl/α,β-unsaturated/α-hetero) is 2. The van der Waals surface area contributed by atoms with E-state index in [0.717, 1.165) is 35.1 Å². The van der Waals surface area contributed by atoms with E-state index in [4.69, 9.17) is 0 Å². The normalized spacial score (nSPS) is 21.6. The average molecular weight is 298 g/mol. The van der Waals surface area contributed by atoms with E-state index in [1.807, 2.05) is 32.9 Å². The number of hydrogen-bond acceptors (Lipinski definition) is 3. The molecule has 1 fully saturated rings. The van der Waals surface area contributed by atoms with E-state index in [1.54, 1.807) is 0 Å². The van der Waals surface area contributed by atoms with Crippen LogP contribution in [0.1, 0.15) is 47.9 Å². The Hall–Kier alpha value is -1.90. The van der Waals surface area contributed by atoms with Crippen LogP contribution in [0.2, 0.25) is 0 Å². The van der Waals surface area contributed by atoms with Gasteiger partial charge in [0.05, 0.1) is 5.57 Å². The second-order valence-corrected chi connectivity index (χ2v) is 6.80. The Morgan fingerprint density at radius 2 is 1.77 bits per heavy atom. The van der Waals surface area contributed by atoms with Crippen LogP contribution >= 0.6 is 0 Å². The molecule has 1 aromatic carbocycles. The molecule has 1 aromatic rings. The third-order valence-corrected chi connectivity index (χ3v) is 4.76. The molecule has 0 spiro atoms. The van der Waals surface area contributed by atoms with E-state index >= 15 is 0 Å². The zero-order valence-electron chi connectivity index (χ0n) is 13.4. The minimum Gasteiger partial charge on any atom is -0.511 e. The second kappa shape index (κ2) is 5.38. The SMILES string of the molecule is Cc1cc(C)c(C2=C(O)C(CC(=O)C3CC3)CC2=O)c(C)c1. The maximum atomic E-state index is 12.4. The molecule has 0 bridgehead atoms. The molecular formula is C19H22O3. The van der Waals surface area contributed by atoms with Gasteiger partial charge in [0.15, 0.2) is 5.78 Å². The highest BCUT2D eigenvalue weighted by Gasteiger charge is 2.38. The smallest absolute Gasteiger partial charge is 0.167 e. The van der Waals surface area contributed by atoms with Gasteiger partial charge in [-0.2, -0.15) is 0 Å². The Bertz CT molecular complexity index is 670. The molecule has 22 heavy (non-hydrogen) atoms. The van der Waals surface area contributed by atoms with Gasteiger partial charge >= 0.3 is 0 Å². The van der Waals surface area contributed by atoms with Gasteiger partial charge in [-0.15, -0.1) is 0 Å². The Kier molecular flexibility index (Phi) is 3.67. The van der Waals surface area contributed by atoms with Gasteiger partial charge in [0.1, 0.15) is 11.5 Å². The summed E-state index contributed by atoms with van der Waals surface area (Å²) in [5, 5.41) is 10.5. The van der Waals surface area contributed by atoms with Gasteiger partial charge in [-0.1, -0.05) is 17.7 Å². The van der Waals surface area contributed by atoms with Crippen LogP contribution in [-0.4, -0.2) is 16.7 Å². The van der Waals surface area contributed by atoms with Gasteiger partial charge in [-0.3, -0.25) is 9.59 Å². The fourth-order valence-corrected chi connectivity index (χ4v) is 3.60. The molecule has 3 rings (SSSR count). The van der Waals surface area contributed by atoms with Gasteiger partial charge in [-0.05, 0) is 50.3 Å². The number of carbonyl (C=O) groups excluding carboxylic acids is 2. The number of rotatable bonds is 4.